The largest absolute Gasteiger partial charge is 0.330 e. The molecular formula is C14H21ClN2. The highest BCUT2D eigenvalue weighted by Gasteiger charge is 2.16. The molecule has 2 rings (SSSR count). The first-order valence-electron chi connectivity index (χ1n) is 6.48. The molecule has 94 valence electrons. The summed E-state index contributed by atoms with van der Waals surface area (Å²) in [5.41, 5.74) is 7.13. The Kier molecular flexibility index (Phi) is 4.84. The minimum absolute atomic E-state index is 0.396. The summed E-state index contributed by atoms with van der Waals surface area (Å²) in [5.74, 6) is 0.396. The molecule has 0 aliphatic heterocycles. The maximum Gasteiger partial charge on any atom is 0.0406 e. The molecule has 17 heavy (non-hydrogen) atoms. The standard InChI is InChI=1S/C14H21ClN2/c15-13-7-5-11(6-8-13)12(9-16)10-17-14-3-1-2-4-14/h5-8,12,14,17H,1-4,9-10,16H2. The number of nitrogens with two attached hydrogens (primary N) is 1. The molecule has 1 aromatic rings. The highest BCUT2D eigenvalue weighted by molar-refractivity contribution is 6.30. The Balaban J connectivity index is 1.89. The van der Waals surface area contributed by atoms with Gasteiger partial charge in [-0.05, 0) is 30.5 Å². The fourth-order valence-electron chi connectivity index (χ4n) is 2.51. The normalized spacial score (nSPS) is 18.5. The molecule has 0 radical (unpaired) electrons. The number of benzene rings is 1. The molecule has 0 amide bonds. The van der Waals surface area contributed by atoms with Gasteiger partial charge in [-0.15, -0.1) is 0 Å². The van der Waals surface area contributed by atoms with E-state index in [0.29, 0.717) is 18.5 Å². The third kappa shape index (κ3) is 3.70. The van der Waals surface area contributed by atoms with Crippen molar-refractivity contribution in [2.24, 2.45) is 5.73 Å². The molecule has 0 bridgehead atoms. The molecule has 0 aromatic heterocycles. The van der Waals surface area contributed by atoms with Crippen molar-refractivity contribution in [3.05, 3.63) is 34.9 Å². The molecule has 1 saturated carbocycles. The lowest BCUT2D eigenvalue weighted by molar-refractivity contribution is 0.490. The van der Waals surface area contributed by atoms with Crippen LogP contribution in [-0.4, -0.2) is 19.1 Å². The van der Waals surface area contributed by atoms with Gasteiger partial charge in [0.25, 0.3) is 0 Å². The van der Waals surface area contributed by atoms with Crippen LogP contribution in [0.1, 0.15) is 37.2 Å². The first kappa shape index (κ1) is 12.9. The third-order valence-corrected chi connectivity index (χ3v) is 3.89. The summed E-state index contributed by atoms with van der Waals surface area (Å²) in [7, 11) is 0. The van der Waals surface area contributed by atoms with E-state index in [1.807, 2.05) is 12.1 Å². The molecule has 1 aromatic carbocycles. The first-order valence-corrected chi connectivity index (χ1v) is 6.86. The van der Waals surface area contributed by atoms with Crippen LogP contribution in [0.25, 0.3) is 0 Å². The zero-order valence-corrected chi connectivity index (χ0v) is 10.9. The molecule has 1 aliphatic rings. The predicted octanol–water partition coefficient (Wildman–Crippen LogP) is 2.91. The van der Waals surface area contributed by atoms with Gasteiger partial charge < -0.3 is 11.1 Å². The van der Waals surface area contributed by atoms with Gasteiger partial charge in [-0.25, -0.2) is 0 Å². The molecule has 2 nitrogen and oxygen atoms in total. The molecular weight excluding hydrogens is 232 g/mol. The van der Waals surface area contributed by atoms with Gasteiger partial charge in [0.1, 0.15) is 0 Å². The van der Waals surface area contributed by atoms with Gasteiger partial charge in [-0.3, -0.25) is 0 Å². The second-order valence-corrected chi connectivity index (χ2v) is 5.31. The van der Waals surface area contributed by atoms with Gasteiger partial charge in [0, 0.05) is 30.1 Å². The molecule has 0 spiro atoms. The number of hydrogen-bond acceptors (Lipinski definition) is 2. The molecule has 0 saturated heterocycles. The number of rotatable bonds is 5. The second kappa shape index (κ2) is 6.39. The Hall–Kier alpha value is -0.570. The third-order valence-electron chi connectivity index (χ3n) is 3.63. The smallest absolute Gasteiger partial charge is 0.0406 e. The van der Waals surface area contributed by atoms with Crippen molar-refractivity contribution in [3.63, 3.8) is 0 Å². The molecule has 1 aliphatic carbocycles. The average molecular weight is 253 g/mol. The lowest BCUT2D eigenvalue weighted by Gasteiger charge is -2.19. The molecule has 1 fully saturated rings. The number of hydrogen-bond donors (Lipinski definition) is 2. The van der Waals surface area contributed by atoms with E-state index in [1.165, 1.54) is 31.2 Å². The lowest BCUT2D eigenvalue weighted by Crippen LogP contribution is -2.33. The van der Waals surface area contributed by atoms with Crippen LogP contribution >= 0.6 is 11.6 Å². The van der Waals surface area contributed by atoms with Crippen molar-refractivity contribution in [2.75, 3.05) is 13.1 Å². The Morgan fingerprint density at radius 1 is 1.24 bits per heavy atom. The van der Waals surface area contributed by atoms with E-state index >= 15 is 0 Å². The van der Waals surface area contributed by atoms with Gasteiger partial charge in [-0.1, -0.05) is 36.6 Å². The summed E-state index contributed by atoms with van der Waals surface area (Å²) >= 11 is 5.89. The maximum absolute atomic E-state index is 5.89. The van der Waals surface area contributed by atoms with Crippen LogP contribution in [0.3, 0.4) is 0 Å². The van der Waals surface area contributed by atoms with E-state index in [9.17, 15) is 0 Å². The Morgan fingerprint density at radius 3 is 2.47 bits per heavy atom. The monoisotopic (exact) mass is 252 g/mol. The Labute approximate surface area is 109 Å². The van der Waals surface area contributed by atoms with E-state index < -0.39 is 0 Å². The fourth-order valence-corrected chi connectivity index (χ4v) is 2.64. The molecule has 3 N–H and O–H groups in total. The zero-order valence-electron chi connectivity index (χ0n) is 10.2. The highest BCUT2D eigenvalue weighted by atomic mass is 35.5. The van der Waals surface area contributed by atoms with Crippen molar-refractivity contribution < 1.29 is 0 Å². The lowest BCUT2D eigenvalue weighted by atomic mass is 9.99. The SMILES string of the molecule is NCC(CNC1CCCC1)c1ccc(Cl)cc1. The van der Waals surface area contributed by atoms with Gasteiger partial charge in [0.05, 0.1) is 0 Å². The summed E-state index contributed by atoms with van der Waals surface area (Å²) in [6, 6.07) is 8.74. The van der Waals surface area contributed by atoms with Gasteiger partial charge in [0.15, 0.2) is 0 Å². The fraction of sp³-hybridized carbons (Fsp3) is 0.571. The quantitative estimate of drug-likeness (QED) is 0.846. The van der Waals surface area contributed by atoms with E-state index in [0.717, 1.165) is 11.6 Å². The van der Waals surface area contributed by atoms with Gasteiger partial charge in [-0.2, -0.15) is 0 Å². The van der Waals surface area contributed by atoms with Crippen LogP contribution in [0.5, 0.6) is 0 Å². The van der Waals surface area contributed by atoms with E-state index in [4.69, 9.17) is 17.3 Å². The Morgan fingerprint density at radius 2 is 1.88 bits per heavy atom. The van der Waals surface area contributed by atoms with Crippen molar-refractivity contribution in [2.45, 2.75) is 37.6 Å². The van der Waals surface area contributed by atoms with Gasteiger partial charge in [0.2, 0.25) is 0 Å². The number of nitrogens with one attached hydrogen (secondary N) is 1. The minimum atomic E-state index is 0.396. The maximum atomic E-state index is 5.89. The molecule has 0 heterocycles. The minimum Gasteiger partial charge on any atom is -0.330 e. The first-order chi connectivity index (χ1) is 8.29. The summed E-state index contributed by atoms with van der Waals surface area (Å²) < 4.78 is 0. The van der Waals surface area contributed by atoms with Crippen LogP contribution in [0, 0.1) is 0 Å². The highest BCUT2D eigenvalue weighted by Crippen LogP contribution is 2.20. The molecule has 3 heteroatoms. The average Bonchev–Trinajstić information content (AvgIpc) is 2.85. The van der Waals surface area contributed by atoms with Crippen LogP contribution < -0.4 is 11.1 Å². The van der Waals surface area contributed by atoms with E-state index in [-0.39, 0.29) is 0 Å². The zero-order chi connectivity index (χ0) is 12.1. The topological polar surface area (TPSA) is 38.0 Å². The number of halogens is 1. The van der Waals surface area contributed by atoms with Crippen LogP contribution in [0.4, 0.5) is 0 Å². The summed E-state index contributed by atoms with van der Waals surface area (Å²) in [6.45, 7) is 1.66. The van der Waals surface area contributed by atoms with Crippen molar-refractivity contribution >= 4 is 11.6 Å². The predicted molar refractivity (Wildman–Crippen MR) is 73.5 cm³/mol. The van der Waals surface area contributed by atoms with Crippen LogP contribution in [-0.2, 0) is 0 Å². The van der Waals surface area contributed by atoms with E-state index in [1.54, 1.807) is 0 Å². The second-order valence-electron chi connectivity index (χ2n) is 4.87. The molecule has 1 atom stereocenters. The summed E-state index contributed by atoms with van der Waals surface area (Å²) in [6.07, 6.45) is 5.37. The van der Waals surface area contributed by atoms with Crippen LogP contribution in [0.2, 0.25) is 5.02 Å². The van der Waals surface area contributed by atoms with Crippen molar-refractivity contribution in [1.82, 2.24) is 5.32 Å². The summed E-state index contributed by atoms with van der Waals surface area (Å²) in [5, 5.41) is 4.42. The van der Waals surface area contributed by atoms with E-state index in [2.05, 4.69) is 17.4 Å². The Bertz CT molecular complexity index is 331. The summed E-state index contributed by atoms with van der Waals surface area (Å²) in [4.78, 5) is 0. The van der Waals surface area contributed by atoms with Crippen molar-refractivity contribution in [3.8, 4) is 0 Å². The molecule has 1 unspecified atom stereocenters. The van der Waals surface area contributed by atoms with Gasteiger partial charge >= 0.3 is 0 Å². The van der Waals surface area contributed by atoms with Crippen molar-refractivity contribution in [1.29, 1.82) is 0 Å². The van der Waals surface area contributed by atoms with Crippen LogP contribution in [0.15, 0.2) is 24.3 Å².